The van der Waals surface area contributed by atoms with Gasteiger partial charge in [0.2, 0.25) is 10.0 Å². The van der Waals surface area contributed by atoms with Crippen molar-refractivity contribution in [2.75, 3.05) is 53.6 Å². The molecule has 1 aromatic rings. The van der Waals surface area contributed by atoms with Crippen LogP contribution >= 0.6 is 0 Å². The first kappa shape index (κ1) is 18.0. The van der Waals surface area contributed by atoms with Crippen molar-refractivity contribution in [2.45, 2.75) is 11.3 Å². The zero-order chi connectivity index (χ0) is 16.7. The minimum Gasteiger partial charge on any atom is -0.493 e. The van der Waals surface area contributed by atoms with Gasteiger partial charge in [-0.3, -0.25) is 4.90 Å². The quantitative estimate of drug-likeness (QED) is 0.700. The molecular formula is C15H24N2O5S. The second kappa shape index (κ2) is 8.49. The third-order valence-corrected chi connectivity index (χ3v) is 5.17. The maximum atomic E-state index is 12.3. The van der Waals surface area contributed by atoms with Crippen LogP contribution in [-0.4, -0.2) is 66.9 Å². The summed E-state index contributed by atoms with van der Waals surface area (Å²) in [5, 5.41) is 0. The summed E-state index contributed by atoms with van der Waals surface area (Å²) in [7, 11) is -0.564. The zero-order valence-electron chi connectivity index (χ0n) is 13.6. The maximum Gasteiger partial charge on any atom is 0.240 e. The van der Waals surface area contributed by atoms with Crippen LogP contribution in [0.1, 0.15) is 6.42 Å². The van der Waals surface area contributed by atoms with Crippen LogP contribution in [0.5, 0.6) is 11.5 Å². The molecule has 1 saturated heterocycles. The molecule has 0 aliphatic carbocycles. The molecular weight excluding hydrogens is 320 g/mol. The van der Waals surface area contributed by atoms with E-state index in [9.17, 15) is 8.42 Å². The summed E-state index contributed by atoms with van der Waals surface area (Å²) in [6, 6.07) is 4.55. The average Bonchev–Trinajstić information content (AvgIpc) is 2.59. The predicted octanol–water partition coefficient (Wildman–Crippen LogP) is 0.704. The molecule has 0 aromatic heterocycles. The lowest BCUT2D eigenvalue weighted by molar-refractivity contribution is 0.0376. The highest BCUT2D eigenvalue weighted by molar-refractivity contribution is 7.89. The Morgan fingerprint density at radius 1 is 1.17 bits per heavy atom. The van der Waals surface area contributed by atoms with E-state index in [0.29, 0.717) is 18.0 Å². The third-order valence-electron chi connectivity index (χ3n) is 3.71. The predicted molar refractivity (Wildman–Crippen MR) is 86.6 cm³/mol. The number of rotatable bonds is 8. The van der Waals surface area contributed by atoms with Gasteiger partial charge in [-0.1, -0.05) is 0 Å². The number of morpholine rings is 1. The van der Waals surface area contributed by atoms with Crippen molar-refractivity contribution in [2.24, 2.45) is 0 Å². The lowest BCUT2D eigenvalue weighted by Crippen LogP contribution is -2.38. The Balaban J connectivity index is 1.88. The molecule has 1 heterocycles. The molecule has 1 aliphatic heterocycles. The van der Waals surface area contributed by atoms with Gasteiger partial charge in [-0.05, 0) is 25.1 Å². The number of methoxy groups -OCH3 is 2. The van der Waals surface area contributed by atoms with E-state index in [1.54, 1.807) is 6.07 Å². The minimum absolute atomic E-state index is 0.168. The van der Waals surface area contributed by atoms with E-state index in [1.807, 2.05) is 0 Å². The summed E-state index contributed by atoms with van der Waals surface area (Å²) in [4.78, 5) is 2.44. The fourth-order valence-corrected chi connectivity index (χ4v) is 3.49. The average molecular weight is 344 g/mol. The van der Waals surface area contributed by atoms with Gasteiger partial charge in [0.25, 0.3) is 0 Å². The van der Waals surface area contributed by atoms with Gasteiger partial charge in [-0.2, -0.15) is 0 Å². The van der Waals surface area contributed by atoms with Crippen LogP contribution < -0.4 is 14.2 Å². The molecule has 0 atom stereocenters. The van der Waals surface area contributed by atoms with Gasteiger partial charge in [-0.25, -0.2) is 13.1 Å². The van der Waals surface area contributed by atoms with E-state index in [2.05, 4.69) is 9.62 Å². The van der Waals surface area contributed by atoms with Gasteiger partial charge < -0.3 is 14.2 Å². The zero-order valence-corrected chi connectivity index (χ0v) is 14.4. The van der Waals surface area contributed by atoms with Crippen molar-refractivity contribution in [1.29, 1.82) is 0 Å². The lowest BCUT2D eigenvalue weighted by Gasteiger charge is -2.26. The topological polar surface area (TPSA) is 77.1 Å². The summed E-state index contributed by atoms with van der Waals surface area (Å²) in [6.45, 7) is 4.56. The lowest BCUT2D eigenvalue weighted by atomic mass is 10.3. The Labute approximate surface area is 137 Å². The Kier molecular flexibility index (Phi) is 6.64. The van der Waals surface area contributed by atoms with E-state index in [1.165, 1.54) is 26.4 Å². The number of hydrogen-bond acceptors (Lipinski definition) is 6. The van der Waals surface area contributed by atoms with Crippen molar-refractivity contribution in [3.05, 3.63) is 18.2 Å². The smallest absolute Gasteiger partial charge is 0.240 e. The largest absolute Gasteiger partial charge is 0.493 e. The molecule has 0 saturated carbocycles. The van der Waals surface area contributed by atoms with Crippen LogP contribution in [0.2, 0.25) is 0 Å². The van der Waals surface area contributed by atoms with Gasteiger partial charge in [-0.15, -0.1) is 0 Å². The van der Waals surface area contributed by atoms with Gasteiger partial charge in [0.1, 0.15) is 0 Å². The first-order valence-corrected chi connectivity index (χ1v) is 9.07. The van der Waals surface area contributed by atoms with Crippen LogP contribution in [0.25, 0.3) is 0 Å². The van der Waals surface area contributed by atoms with Gasteiger partial charge >= 0.3 is 0 Å². The molecule has 0 bridgehead atoms. The van der Waals surface area contributed by atoms with E-state index in [0.717, 1.165) is 39.3 Å². The highest BCUT2D eigenvalue weighted by Crippen LogP contribution is 2.29. The fraction of sp³-hybridized carbons (Fsp3) is 0.600. The van der Waals surface area contributed by atoms with Crippen LogP contribution in [0, 0.1) is 0 Å². The second-order valence-corrected chi connectivity index (χ2v) is 6.99. The second-order valence-electron chi connectivity index (χ2n) is 5.22. The third kappa shape index (κ3) is 5.07. The van der Waals surface area contributed by atoms with Crippen LogP contribution in [0.15, 0.2) is 23.1 Å². The Morgan fingerprint density at radius 3 is 2.52 bits per heavy atom. The summed E-state index contributed by atoms with van der Waals surface area (Å²) in [6.07, 6.45) is 0.756. The molecule has 130 valence electrons. The molecule has 1 aliphatic rings. The first-order valence-electron chi connectivity index (χ1n) is 7.58. The molecule has 1 N–H and O–H groups in total. The number of ether oxygens (including phenoxy) is 3. The number of sulfonamides is 1. The SMILES string of the molecule is COc1ccc(S(=O)(=O)NCCCN2CCOCC2)cc1OC. The normalized spacial score (nSPS) is 16.3. The van der Waals surface area contributed by atoms with E-state index >= 15 is 0 Å². The number of nitrogens with zero attached hydrogens (tertiary/aromatic N) is 1. The molecule has 7 nitrogen and oxygen atoms in total. The molecule has 8 heteroatoms. The van der Waals surface area contributed by atoms with Gasteiger partial charge in [0, 0.05) is 25.7 Å². The van der Waals surface area contributed by atoms with Crippen molar-refractivity contribution in [1.82, 2.24) is 9.62 Å². The summed E-state index contributed by atoms with van der Waals surface area (Å²) in [5.74, 6) is 0.891. The van der Waals surface area contributed by atoms with Crippen molar-refractivity contribution >= 4 is 10.0 Å². The van der Waals surface area contributed by atoms with Crippen LogP contribution in [0.3, 0.4) is 0 Å². The highest BCUT2D eigenvalue weighted by Gasteiger charge is 2.17. The van der Waals surface area contributed by atoms with Gasteiger partial charge in [0.05, 0.1) is 32.3 Å². The van der Waals surface area contributed by atoms with E-state index in [4.69, 9.17) is 14.2 Å². The molecule has 0 spiro atoms. The Morgan fingerprint density at radius 2 is 1.87 bits per heavy atom. The maximum absolute atomic E-state index is 12.3. The molecule has 2 rings (SSSR count). The first-order chi connectivity index (χ1) is 11.1. The van der Waals surface area contributed by atoms with Crippen LogP contribution in [-0.2, 0) is 14.8 Å². The van der Waals surface area contributed by atoms with Crippen molar-refractivity contribution in [3.63, 3.8) is 0 Å². The molecule has 0 unspecified atom stereocenters. The molecule has 1 aromatic carbocycles. The summed E-state index contributed by atoms with van der Waals surface area (Å²) >= 11 is 0. The number of benzene rings is 1. The standard InChI is InChI=1S/C15H24N2O5S/c1-20-14-5-4-13(12-15(14)21-2)23(18,19)16-6-3-7-17-8-10-22-11-9-17/h4-5,12,16H,3,6-11H2,1-2H3. The minimum atomic E-state index is -3.55. The number of hydrogen-bond donors (Lipinski definition) is 1. The molecule has 0 radical (unpaired) electrons. The Hall–Kier alpha value is -1.35. The van der Waals surface area contributed by atoms with E-state index in [-0.39, 0.29) is 4.90 Å². The monoisotopic (exact) mass is 344 g/mol. The summed E-state index contributed by atoms with van der Waals surface area (Å²) < 4.78 is 42.8. The molecule has 0 amide bonds. The highest BCUT2D eigenvalue weighted by atomic mass is 32.2. The molecule has 1 fully saturated rings. The fourth-order valence-electron chi connectivity index (χ4n) is 2.40. The van der Waals surface area contributed by atoms with Crippen molar-refractivity contribution in [3.8, 4) is 11.5 Å². The van der Waals surface area contributed by atoms with Crippen molar-refractivity contribution < 1.29 is 22.6 Å². The molecule has 23 heavy (non-hydrogen) atoms. The van der Waals surface area contributed by atoms with Gasteiger partial charge in [0.15, 0.2) is 11.5 Å². The summed E-state index contributed by atoms with van der Waals surface area (Å²) in [5.41, 5.74) is 0. The Bertz CT molecular complexity index is 600. The number of nitrogens with one attached hydrogen (secondary N) is 1. The van der Waals surface area contributed by atoms with Crippen LogP contribution in [0.4, 0.5) is 0 Å². The van der Waals surface area contributed by atoms with E-state index < -0.39 is 10.0 Å².